The van der Waals surface area contributed by atoms with E-state index in [0.29, 0.717) is 0 Å². The lowest BCUT2D eigenvalue weighted by Crippen LogP contribution is -2.24. The van der Waals surface area contributed by atoms with Crippen molar-refractivity contribution in [3.05, 3.63) is 63.3 Å². The van der Waals surface area contributed by atoms with E-state index in [1.807, 2.05) is 56.3 Å². The van der Waals surface area contributed by atoms with E-state index in [9.17, 15) is 9.59 Å². The van der Waals surface area contributed by atoms with Crippen LogP contribution in [0, 0.1) is 13.8 Å². The van der Waals surface area contributed by atoms with Crippen LogP contribution in [0.25, 0.3) is 10.2 Å². The predicted octanol–water partition coefficient (Wildman–Crippen LogP) is 3.32. The summed E-state index contributed by atoms with van der Waals surface area (Å²) in [6.07, 6.45) is 0. The molecule has 0 atom stereocenters. The Labute approximate surface area is 132 Å². The molecule has 1 amide bonds. The molecular formula is C17H16N2O2S. The molecule has 1 heterocycles. The minimum Gasteiger partial charge on any atom is -0.324 e. The van der Waals surface area contributed by atoms with Crippen LogP contribution in [-0.2, 0) is 11.3 Å². The van der Waals surface area contributed by atoms with Gasteiger partial charge in [-0.25, -0.2) is 0 Å². The fourth-order valence-corrected chi connectivity index (χ4v) is 3.27. The second-order valence-electron chi connectivity index (χ2n) is 5.22. The van der Waals surface area contributed by atoms with Crippen LogP contribution in [0.2, 0.25) is 0 Å². The maximum Gasteiger partial charge on any atom is 0.308 e. The average molecular weight is 312 g/mol. The van der Waals surface area contributed by atoms with Crippen molar-refractivity contribution in [2.45, 2.75) is 20.4 Å². The summed E-state index contributed by atoms with van der Waals surface area (Å²) >= 11 is 1.16. The number of aryl methyl sites for hydroxylation is 1. The Hall–Kier alpha value is -2.40. The number of nitrogens with zero attached hydrogens (tertiary/aromatic N) is 1. The molecule has 1 N–H and O–H groups in total. The molecule has 1 aromatic heterocycles. The van der Waals surface area contributed by atoms with Crippen molar-refractivity contribution < 1.29 is 4.79 Å². The number of benzene rings is 2. The zero-order chi connectivity index (χ0) is 15.7. The first-order valence-electron chi connectivity index (χ1n) is 7.00. The lowest BCUT2D eigenvalue weighted by Gasteiger charge is -2.10. The number of fused-ring (bicyclic) bond motifs is 1. The van der Waals surface area contributed by atoms with Crippen molar-refractivity contribution >= 4 is 33.1 Å². The third kappa shape index (κ3) is 2.67. The number of nitrogens with one attached hydrogen (secondary N) is 1. The second-order valence-corrected chi connectivity index (χ2v) is 6.21. The second kappa shape index (κ2) is 5.77. The number of amides is 1. The summed E-state index contributed by atoms with van der Waals surface area (Å²) in [6.45, 7) is 4.00. The molecule has 0 saturated carbocycles. The number of hydrogen-bond donors (Lipinski definition) is 1. The van der Waals surface area contributed by atoms with Gasteiger partial charge in [-0.2, -0.15) is 0 Å². The largest absolute Gasteiger partial charge is 0.324 e. The normalized spacial score (nSPS) is 10.8. The lowest BCUT2D eigenvalue weighted by molar-refractivity contribution is -0.116. The van der Waals surface area contributed by atoms with Gasteiger partial charge in [-0.1, -0.05) is 35.6 Å². The number of para-hydroxylation sites is 1. The van der Waals surface area contributed by atoms with Crippen molar-refractivity contribution in [3.8, 4) is 0 Å². The Balaban J connectivity index is 1.86. The van der Waals surface area contributed by atoms with Gasteiger partial charge in [0.2, 0.25) is 5.91 Å². The van der Waals surface area contributed by atoms with Crippen molar-refractivity contribution in [1.82, 2.24) is 4.57 Å². The van der Waals surface area contributed by atoms with Crippen LogP contribution >= 0.6 is 11.3 Å². The molecule has 4 nitrogen and oxygen atoms in total. The lowest BCUT2D eigenvalue weighted by atomic mass is 10.1. The van der Waals surface area contributed by atoms with Crippen molar-refractivity contribution in [2.24, 2.45) is 0 Å². The first kappa shape index (κ1) is 14.5. The van der Waals surface area contributed by atoms with E-state index in [4.69, 9.17) is 0 Å². The Bertz CT molecular complexity index is 908. The van der Waals surface area contributed by atoms with E-state index in [2.05, 4.69) is 5.32 Å². The van der Waals surface area contributed by atoms with Gasteiger partial charge in [0.1, 0.15) is 6.54 Å². The highest BCUT2D eigenvalue weighted by Gasteiger charge is 2.12. The summed E-state index contributed by atoms with van der Waals surface area (Å²) < 4.78 is 2.41. The molecule has 2 aromatic carbocycles. The highest BCUT2D eigenvalue weighted by molar-refractivity contribution is 7.16. The molecule has 3 aromatic rings. The molecule has 0 spiro atoms. The first-order chi connectivity index (χ1) is 10.6. The monoisotopic (exact) mass is 312 g/mol. The highest BCUT2D eigenvalue weighted by atomic mass is 32.1. The van der Waals surface area contributed by atoms with Gasteiger partial charge in [0, 0.05) is 5.69 Å². The summed E-state index contributed by atoms with van der Waals surface area (Å²) in [7, 11) is 0. The molecule has 0 aliphatic rings. The molecule has 0 saturated heterocycles. The van der Waals surface area contributed by atoms with Gasteiger partial charge in [0.25, 0.3) is 0 Å². The highest BCUT2D eigenvalue weighted by Crippen LogP contribution is 2.19. The van der Waals surface area contributed by atoms with Crippen LogP contribution in [0.3, 0.4) is 0 Å². The maximum atomic E-state index is 12.3. The standard InChI is InChI=1S/C17H16N2O2S/c1-11-6-5-7-13(12(11)2)18-16(20)10-19-14-8-3-4-9-15(14)22-17(19)21/h3-9H,10H2,1-2H3,(H,18,20). The number of thiazole rings is 1. The number of hydrogen-bond acceptors (Lipinski definition) is 3. The van der Waals surface area contributed by atoms with E-state index in [1.165, 1.54) is 4.57 Å². The van der Waals surface area contributed by atoms with Gasteiger partial charge < -0.3 is 5.32 Å². The van der Waals surface area contributed by atoms with Gasteiger partial charge in [-0.15, -0.1) is 0 Å². The van der Waals surface area contributed by atoms with Crippen LogP contribution in [0.1, 0.15) is 11.1 Å². The Morgan fingerprint density at radius 2 is 1.91 bits per heavy atom. The van der Waals surface area contributed by atoms with E-state index in [-0.39, 0.29) is 17.3 Å². The minimum absolute atomic E-state index is 0.0240. The summed E-state index contributed by atoms with van der Waals surface area (Å²) in [5, 5.41) is 2.89. The molecule has 0 fully saturated rings. The molecule has 22 heavy (non-hydrogen) atoms. The summed E-state index contributed by atoms with van der Waals surface area (Å²) in [5.41, 5.74) is 3.75. The van der Waals surface area contributed by atoms with E-state index >= 15 is 0 Å². The zero-order valence-electron chi connectivity index (χ0n) is 12.4. The summed E-state index contributed by atoms with van der Waals surface area (Å²) in [5.74, 6) is -0.195. The van der Waals surface area contributed by atoms with E-state index < -0.39 is 0 Å². The van der Waals surface area contributed by atoms with Gasteiger partial charge in [-0.3, -0.25) is 14.2 Å². The molecule has 0 aliphatic carbocycles. The quantitative estimate of drug-likeness (QED) is 0.806. The van der Waals surface area contributed by atoms with Crippen LogP contribution in [-0.4, -0.2) is 10.5 Å². The third-order valence-corrected chi connectivity index (χ3v) is 4.71. The first-order valence-corrected chi connectivity index (χ1v) is 7.82. The molecule has 0 unspecified atom stereocenters. The van der Waals surface area contributed by atoms with Gasteiger partial charge in [-0.05, 0) is 43.2 Å². The SMILES string of the molecule is Cc1cccc(NC(=O)Cn2c(=O)sc3ccccc32)c1C. The predicted molar refractivity (Wildman–Crippen MR) is 90.6 cm³/mol. The number of carbonyl (C=O) groups excluding carboxylic acids is 1. The van der Waals surface area contributed by atoms with Crippen LogP contribution in [0.4, 0.5) is 5.69 Å². The molecule has 0 aliphatic heterocycles. The average Bonchev–Trinajstić information content (AvgIpc) is 2.80. The Morgan fingerprint density at radius 3 is 2.73 bits per heavy atom. The zero-order valence-corrected chi connectivity index (χ0v) is 13.2. The van der Waals surface area contributed by atoms with Gasteiger partial charge in [0.05, 0.1) is 10.2 Å². The van der Waals surface area contributed by atoms with Crippen molar-refractivity contribution in [1.29, 1.82) is 0 Å². The molecule has 112 valence electrons. The molecule has 3 rings (SSSR count). The number of anilines is 1. The Kier molecular flexibility index (Phi) is 3.81. The Morgan fingerprint density at radius 1 is 1.14 bits per heavy atom. The minimum atomic E-state index is -0.195. The van der Waals surface area contributed by atoms with Crippen molar-refractivity contribution in [3.63, 3.8) is 0 Å². The summed E-state index contributed by atoms with van der Waals surface area (Å²) in [6, 6.07) is 13.3. The topological polar surface area (TPSA) is 51.1 Å². The van der Waals surface area contributed by atoms with Crippen molar-refractivity contribution in [2.75, 3.05) is 5.32 Å². The number of carbonyl (C=O) groups is 1. The van der Waals surface area contributed by atoms with Gasteiger partial charge in [0.15, 0.2) is 0 Å². The third-order valence-electron chi connectivity index (χ3n) is 3.75. The summed E-state index contributed by atoms with van der Waals surface area (Å²) in [4.78, 5) is 24.2. The molecule has 0 bridgehead atoms. The van der Waals surface area contributed by atoms with Gasteiger partial charge >= 0.3 is 4.87 Å². The number of aromatic nitrogens is 1. The molecular weight excluding hydrogens is 296 g/mol. The smallest absolute Gasteiger partial charge is 0.308 e. The molecule has 0 radical (unpaired) electrons. The van der Waals surface area contributed by atoms with E-state index in [0.717, 1.165) is 38.4 Å². The molecule has 5 heteroatoms. The maximum absolute atomic E-state index is 12.3. The van der Waals surface area contributed by atoms with Crippen LogP contribution in [0.15, 0.2) is 47.3 Å². The van der Waals surface area contributed by atoms with E-state index in [1.54, 1.807) is 0 Å². The van der Waals surface area contributed by atoms with Crippen LogP contribution < -0.4 is 10.2 Å². The van der Waals surface area contributed by atoms with Crippen LogP contribution in [0.5, 0.6) is 0 Å². The number of rotatable bonds is 3. The fraction of sp³-hybridized carbons (Fsp3) is 0.176. The fourth-order valence-electron chi connectivity index (χ4n) is 2.38.